The van der Waals surface area contributed by atoms with E-state index in [1.54, 1.807) is 6.20 Å². The maximum absolute atomic E-state index is 10.7. The summed E-state index contributed by atoms with van der Waals surface area (Å²) in [5.41, 5.74) is 9.43. The third kappa shape index (κ3) is 2.31. The quantitative estimate of drug-likeness (QED) is 0.867. The number of nitrogens with one attached hydrogen (secondary N) is 1. The van der Waals surface area contributed by atoms with E-state index in [-0.39, 0.29) is 6.10 Å². The number of carbonyl (C=O) groups excluding carboxylic acids is 1. The Morgan fingerprint density at radius 2 is 2.42 bits per heavy atom. The molecule has 98 valence electrons. The molecule has 2 aromatic heterocycles. The molecule has 2 heterocycles. The maximum atomic E-state index is 10.7. The first-order valence-electron chi connectivity index (χ1n) is 6.31. The summed E-state index contributed by atoms with van der Waals surface area (Å²) in [5, 5.41) is 0. The molecule has 3 rings (SSSR count). The summed E-state index contributed by atoms with van der Waals surface area (Å²) in [6, 6.07) is 3.92. The smallest absolute Gasteiger partial charge is 0.404 e. The first-order valence-corrected chi connectivity index (χ1v) is 6.31. The molecule has 0 saturated carbocycles. The molecule has 0 spiro atoms. The Bertz CT molecular complexity index is 645. The largest absolute Gasteiger partial charge is 0.446 e. The molecule has 0 saturated heterocycles. The minimum absolute atomic E-state index is 0.0978. The van der Waals surface area contributed by atoms with E-state index in [0.29, 0.717) is 6.42 Å². The summed E-state index contributed by atoms with van der Waals surface area (Å²) < 4.78 is 5.02. The summed E-state index contributed by atoms with van der Waals surface area (Å²) >= 11 is 0. The molecule has 1 amide bonds. The molecular weight excluding hydrogens is 242 g/mol. The van der Waals surface area contributed by atoms with Gasteiger partial charge in [0.15, 0.2) is 0 Å². The highest BCUT2D eigenvalue weighted by Gasteiger charge is 2.19. The van der Waals surface area contributed by atoms with E-state index in [2.05, 4.69) is 16.0 Å². The molecule has 19 heavy (non-hydrogen) atoms. The van der Waals surface area contributed by atoms with Crippen LogP contribution in [0, 0.1) is 0 Å². The van der Waals surface area contributed by atoms with Crippen LogP contribution >= 0.6 is 0 Å². The number of aromatic amines is 1. The third-order valence-electron chi connectivity index (χ3n) is 3.43. The van der Waals surface area contributed by atoms with Crippen molar-refractivity contribution in [3.63, 3.8) is 0 Å². The molecule has 2 aromatic rings. The van der Waals surface area contributed by atoms with Crippen LogP contribution in [0.25, 0.3) is 16.6 Å². The van der Waals surface area contributed by atoms with Crippen molar-refractivity contribution < 1.29 is 9.53 Å². The highest BCUT2D eigenvalue weighted by atomic mass is 16.6. The van der Waals surface area contributed by atoms with Crippen molar-refractivity contribution in [2.24, 2.45) is 5.73 Å². The van der Waals surface area contributed by atoms with Crippen LogP contribution in [0.15, 0.2) is 30.6 Å². The summed E-state index contributed by atoms with van der Waals surface area (Å²) in [7, 11) is 0. The summed E-state index contributed by atoms with van der Waals surface area (Å²) in [6.45, 7) is 0. The molecule has 3 N–H and O–H groups in total. The van der Waals surface area contributed by atoms with Crippen LogP contribution in [0.2, 0.25) is 0 Å². The zero-order valence-electron chi connectivity index (χ0n) is 10.4. The van der Waals surface area contributed by atoms with Crippen LogP contribution in [0.3, 0.4) is 0 Å². The monoisotopic (exact) mass is 257 g/mol. The third-order valence-corrected chi connectivity index (χ3v) is 3.43. The number of rotatable bonds is 2. The molecule has 1 aliphatic carbocycles. The van der Waals surface area contributed by atoms with E-state index < -0.39 is 6.09 Å². The molecule has 1 unspecified atom stereocenters. The van der Waals surface area contributed by atoms with Crippen molar-refractivity contribution in [1.29, 1.82) is 0 Å². The standard InChI is InChI=1S/C14H15N3O2/c15-14(18)19-10-5-3-9(4-6-10)11-8-17-12-2-1-7-16-13(11)12/h1-3,7-8,10,17H,4-6H2,(H2,15,18). The molecule has 0 fully saturated rings. The summed E-state index contributed by atoms with van der Waals surface area (Å²) in [5.74, 6) is 0. The van der Waals surface area contributed by atoms with Gasteiger partial charge in [-0.1, -0.05) is 6.08 Å². The van der Waals surface area contributed by atoms with Crippen LogP contribution in [-0.2, 0) is 4.74 Å². The predicted octanol–water partition coefficient (Wildman–Crippen LogP) is 2.59. The van der Waals surface area contributed by atoms with E-state index in [0.717, 1.165) is 29.4 Å². The maximum Gasteiger partial charge on any atom is 0.404 e. The minimum Gasteiger partial charge on any atom is -0.446 e. The summed E-state index contributed by atoms with van der Waals surface area (Å²) in [4.78, 5) is 18.3. The van der Waals surface area contributed by atoms with Crippen molar-refractivity contribution in [1.82, 2.24) is 9.97 Å². The van der Waals surface area contributed by atoms with Crippen molar-refractivity contribution in [2.45, 2.75) is 25.4 Å². The van der Waals surface area contributed by atoms with Gasteiger partial charge in [-0.2, -0.15) is 0 Å². The van der Waals surface area contributed by atoms with E-state index in [1.165, 1.54) is 5.57 Å². The predicted molar refractivity (Wildman–Crippen MR) is 72.4 cm³/mol. The van der Waals surface area contributed by atoms with Gasteiger partial charge >= 0.3 is 6.09 Å². The lowest BCUT2D eigenvalue weighted by atomic mass is 9.93. The molecule has 0 radical (unpaired) electrons. The van der Waals surface area contributed by atoms with Gasteiger partial charge in [0.1, 0.15) is 6.10 Å². The van der Waals surface area contributed by atoms with Crippen molar-refractivity contribution >= 4 is 22.7 Å². The highest BCUT2D eigenvalue weighted by Crippen LogP contribution is 2.31. The van der Waals surface area contributed by atoms with E-state index in [9.17, 15) is 4.79 Å². The lowest BCUT2D eigenvalue weighted by Crippen LogP contribution is -2.23. The molecule has 0 aliphatic heterocycles. The molecule has 5 heteroatoms. The Morgan fingerprint density at radius 1 is 1.53 bits per heavy atom. The SMILES string of the molecule is NC(=O)OC1CC=C(c2c[nH]c3cccnc23)CC1. The molecule has 0 aromatic carbocycles. The molecule has 5 nitrogen and oxygen atoms in total. The zero-order chi connectivity index (χ0) is 13.2. The highest BCUT2D eigenvalue weighted by molar-refractivity contribution is 5.89. The van der Waals surface area contributed by atoms with Gasteiger partial charge in [-0.15, -0.1) is 0 Å². The molecule has 0 bridgehead atoms. The van der Waals surface area contributed by atoms with Gasteiger partial charge in [0.25, 0.3) is 0 Å². The molecule has 1 aliphatic rings. The van der Waals surface area contributed by atoms with Crippen LogP contribution in [0.5, 0.6) is 0 Å². The Morgan fingerprint density at radius 3 is 3.16 bits per heavy atom. The van der Waals surface area contributed by atoms with Gasteiger partial charge in [-0.25, -0.2) is 4.79 Å². The van der Waals surface area contributed by atoms with Gasteiger partial charge in [-0.05, 0) is 30.5 Å². The zero-order valence-corrected chi connectivity index (χ0v) is 10.4. The van der Waals surface area contributed by atoms with Gasteiger partial charge in [-0.3, -0.25) is 4.98 Å². The Labute approximate surface area is 110 Å². The first-order chi connectivity index (χ1) is 9.24. The number of H-pyrrole nitrogens is 1. The van der Waals surface area contributed by atoms with Crippen LogP contribution < -0.4 is 5.73 Å². The van der Waals surface area contributed by atoms with E-state index in [4.69, 9.17) is 10.5 Å². The number of fused-ring (bicyclic) bond motifs is 1. The van der Waals surface area contributed by atoms with Gasteiger partial charge < -0.3 is 15.5 Å². The summed E-state index contributed by atoms with van der Waals surface area (Å²) in [6.07, 6.45) is 7.46. The number of carbonyl (C=O) groups is 1. The van der Waals surface area contributed by atoms with E-state index >= 15 is 0 Å². The number of hydrogen-bond acceptors (Lipinski definition) is 3. The van der Waals surface area contributed by atoms with Gasteiger partial charge in [0, 0.05) is 24.4 Å². The Kier molecular flexibility index (Phi) is 2.95. The number of aromatic nitrogens is 2. The fourth-order valence-electron chi connectivity index (χ4n) is 2.53. The van der Waals surface area contributed by atoms with Crippen molar-refractivity contribution in [3.8, 4) is 0 Å². The molecule has 1 atom stereocenters. The number of nitrogens with two attached hydrogens (primary N) is 1. The van der Waals surface area contributed by atoms with Crippen LogP contribution in [0.4, 0.5) is 4.79 Å². The van der Waals surface area contributed by atoms with Crippen molar-refractivity contribution in [3.05, 3.63) is 36.2 Å². The fourth-order valence-corrected chi connectivity index (χ4v) is 2.53. The van der Waals surface area contributed by atoms with Crippen LogP contribution in [0.1, 0.15) is 24.8 Å². The Balaban J connectivity index is 1.84. The molecular formula is C14H15N3O2. The second-order valence-electron chi connectivity index (χ2n) is 4.66. The van der Waals surface area contributed by atoms with Gasteiger partial charge in [0.2, 0.25) is 0 Å². The fraction of sp³-hybridized carbons (Fsp3) is 0.286. The number of nitrogens with zero attached hydrogens (tertiary/aromatic N) is 1. The first kappa shape index (κ1) is 11.8. The number of allylic oxidation sites excluding steroid dienone is 1. The van der Waals surface area contributed by atoms with Crippen molar-refractivity contribution in [2.75, 3.05) is 0 Å². The normalized spacial score (nSPS) is 19.2. The lowest BCUT2D eigenvalue weighted by Gasteiger charge is -2.21. The number of pyridine rings is 1. The second-order valence-corrected chi connectivity index (χ2v) is 4.66. The average Bonchev–Trinajstić information content (AvgIpc) is 2.83. The number of hydrogen-bond donors (Lipinski definition) is 2. The number of ether oxygens (including phenoxy) is 1. The topological polar surface area (TPSA) is 81.0 Å². The number of amides is 1. The minimum atomic E-state index is -0.699. The Hall–Kier alpha value is -2.30. The van der Waals surface area contributed by atoms with E-state index in [1.807, 2.05) is 18.3 Å². The number of primary amides is 1. The van der Waals surface area contributed by atoms with Gasteiger partial charge in [0.05, 0.1) is 11.0 Å². The second kappa shape index (κ2) is 4.76. The van der Waals surface area contributed by atoms with Crippen LogP contribution in [-0.4, -0.2) is 22.2 Å². The average molecular weight is 257 g/mol. The lowest BCUT2D eigenvalue weighted by molar-refractivity contribution is 0.102.